The van der Waals surface area contributed by atoms with Crippen molar-refractivity contribution in [2.45, 2.75) is 32.5 Å². The molecule has 0 aliphatic rings. The summed E-state index contributed by atoms with van der Waals surface area (Å²) in [5.41, 5.74) is -1.33. The molecule has 2 rings (SSSR count). The molecule has 2 aromatic carbocycles. The standard InChI is InChI=1S/C21H23ClF3N3O4S/c1-4-13(2)26-20(30)15-7-5-6-8-18(15)27-19(29)12-28(33(3,31)32)14-9-10-17(22)16(11-14)21(23,24)25/h5-11,13H,4,12H2,1-3H3,(H,26,30)(H,27,29)/t13-/m1/s1. The smallest absolute Gasteiger partial charge is 0.350 e. The molecule has 0 spiro atoms. The fraction of sp³-hybridized carbons (Fsp3) is 0.333. The first-order valence-electron chi connectivity index (χ1n) is 9.78. The van der Waals surface area contributed by atoms with E-state index in [0.717, 1.165) is 18.4 Å². The van der Waals surface area contributed by atoms with Crippen LogP contribution in [0.4, 0.5) is 24.5 Å². The van der Waals surface area contributed by atoms with E-state index < -0.39 is 45.1 Å². The van der Waals surface area contributed by atoms with Gasteiger partial charge in [-0.1, -0.05) is 30.7 Å². The molecule has 0 fully saturated rings. The van der Waals surface area contributed by atoms with Crippen molar-refractivity contribution >= 4 is 44.8 Å². The van der Waals surface area contributed by atoms with Crippen LogP contribution in [0.2, 0.25) is 5.02 Å². The van der Waals surface area contributed by atoms with Gasteiger partial charge < -0.3 is 10.6 Å². The van der Waals surface area contributed by atoms with Crippen molar-refractivity contribution in [3.8, 4) is 0 Å². The highest BCUT2D eigenvalue weighted by Gasteiger charge is 2.34. The average Bonchev–Trinajstić information content (AvgIpc) is 2.71. The van der Waals surface area contributed by atoms with Gasteiger partial charge in [0.1, 0.15) is 6.54 Å². The first-order chi connectivity index (χ1) is 15.2. The highest BCUT2D eigenvalue weighted by molar-refractivity contribution is 7.92. The van der Waals surface area contributed by atoms with Crippen molar-refractivity contribution < 1.29 is 31.2 Å². The van der Waals surface area contributed by atoms with Gasteiger partial charge in [0, 0.05) is 6.04 Å². The van der Waals surface area contributed by atoms with Crippen molar-refractivity contribution in [3.05, 3.63) is 58.6 Å². The lowest BCUT2D eigenvalue weighted by Gasteiger charge is -2.23. The molecule has 33 heavy (non-hydrogen) atoms. The molecule has 2 amide bonds. The van der Waals surface area contributed by atoms with Gasteiger partial charge >= 0.3 is 6.18 Å². The van der Waals surface area contributed by atoms with Crippen molar-refractivity contribution in [1.29, 1.82) is 0 Å². The molecule has 2 N–H and O–H groups in total. The third-order valence-corrected chi connectivity index (χ3v) is 6.14. The zero-order chi connectivity index (χ0) is 25.0. The molecule has 1 atom stereocenters. The third-order valence-electron chi connectivity index (χ3n) is 4.67. The van der Waals surface area contributed by atoms with Crippen molar-refractivity contribution in [3.63, 3.8) is 0 Å². The number of alkyl halides is 3. The van der Waals surface area contributed by atoms with Gasteiger partial charge in [0.25, 0.3) is 5.91 Å². The Kier molecular flexibility index (Phi) is 8.36. The number of para-hydroxylation sites is 1. The van der Waals surface area contributed by atoms with Crippen molar-refractivity contribution in [2.24, 2.45) is 0 Å². The fourth-order valence-corrected chi connectivity index (χ4v) is 3.87. The van der Waals surface area contributed by atoms with Crippen LogP contribution in [0.15, 0.2) is 42.5 Å². The van der Waals surface area contributed by atoms with E-state index in [2.05, 4.69) is 10.6 Å². The number of benzene rings is 2. The number of rotatable bonds is 8. The lowest BCUT2D eigenvalue weighted by Crippen LogP contribution is -2.38. The van der Waals surface area contributed by atoms with Gasteiger partial charge in [0.15, 0.2) is 0 Å². The molecule has 0 radical (unpaired) electrons. The van der Waals surface area contributed by atoms with Gasteiger partial charge in [0.2, 0.25) is 15.9 Å². The highest BCUT2D eigenvalue weighted by atomic mass is 35.5. The van der Waals surface area contributed by atoms with Crippen LogP contribution in [0.25, 0.3) is 0 Å². The lowest BCUT2D eigenvalue weighted by molar-refractivity contribution is -0.137. The maximum atomic E-state index is 13.2. The van der Waals surface area contributed by atoms with E-state index in [1.807, 2.05) is 13.8 Å². The summed E-state index contributed by atoms with van der Waals surface area (Å²) < 4.78 is 64.7. The average molecular weight is 506 g/mol. The van der Waals surface area contributed by atoms with E-state index in [9.17, 15) is 31.2 Å². The lowest BCUT2D eigenvalue weighted by atomic mass is 10.1. The zero-order valence-corrected chi connectivity index (χ0v) is 19.6. The molecule has 7 nitrogen and oxygen atoms in total. The number of halogens is 4. The highest BCUT2D eigenvalue weighted by Crippen LogP contribution is 2.37. The number of carbonyl (C=O) groups is 2. The second-order valence-electron chi connectivity index (χ2n) is 7.31. The summed E-state index contributed by atoms with van der Waals surface area (Å²) in [4.78, 5) is 25.1. The molecule has 2 aromatic rings. The number of anilines is 2. The van der Waals surface area contributed by atoms with Gasteiger partial charge in [-0.05, 0) is 43.7 Å². The third kappa shape index (κ3) is 7.10. The van der Waals surface area contributed by atoms with Crippen LogP contribution in [0.1, 0.15) is 36.2 Å². The number of hydrogen-bond donors (Lipinski definition) is 2. The number of nitrogens with zero attached hydrogens (tertiary/aromatic N) is 1. The molecule has 0 bridgehead atoms. The maximum absolute atomic E-state index is 13.2. The predicted molar refractivity (Wildman–Crippen MR) is 121 cm³/mol. The monoisotopic (exact) mass is 505 g/mol. The van der Waals surface area contributed by atoms with E-state index in [1.54, 1.807) is 12.1 Å². The van der Waals surface area contributed by atoms with Crippen LogP contribution in [-0.4, -0.2) is 39.1 Å². The van der Waals surface area contributed by atoms with E-state index in [4.69, 9.17) is 11.6 Å². The summed E-state index contributed by atoms with van der Waals surface area (Å²) in [5, 5.41) is 4.61. The van der Waals surface area contributed by atoms with Crippen LogP contribution in [0, 0.1) is 0 Å². The molecular weight excluding hydrogens is 483 g/mol. The van der Waals surface area contributed by atoms with E-state index >= 15 is 0 Å². The number of carbonyl (C=O) groups excluding carboxylic acids is 2. The Hall–Kier alpha value is -2.79. The second kappa shape index (κ2) is 10.4. The Morgan fingerprint density at radius 1 is 1.15 bits per heavy atom. The number of hydrogen-bond acceptors (Lipinski definition) is 4. The number of sulfonamides is 1. The maximum Gasteiger partial charge on any atom is 0.417 e. The van der Waals surface area contributed by atoms with Gasteiger partial charge in [0.05, 0.1) is 33.8 Å². The topological polar surface area (TPSA) is 95.6 Å². The van der Waals surface area contributed by atoms with Crippen LogP contribution in [-0.2, 0) is 21.0 Å². The van der Waals surface area contributed by atoms with Crippen LogP contribution >= 0.6 is 11.6 Å². The molecule has 0 aliphatic heterocycles. The number of nitrogens with one attached hydrogen (secondary N) is 2. The van der Waals surface area contributed by atoms with Gasteiger partial charge in [-0.15, -0.1) is 0 Å². The summed E-state index contributed by atoms with van der Waals surface area (Å²) in [6, 6.07) is 8.52. The number of amides is 2. The summed E-state index contributed by atoms with van der Waals surface area (Å²) in [6.07, 6.45) is -3.37. The van der Waals surface area contributed by atoms with Crippen molar-refractivity contribution in [1.82, 2.24) is 5.32 Å². The Labute approximate surface area is 195 Å². The van der Waals surface area contributed by atoms with Gasteiger partial charge in [-0.25, -0.2) is 8.42 Å². The molecule has 0 aliphatic carbocycles. The minimum atomic E-state index is -4.82. The molecule has 12 heteroatoms. The zero-order valence-electron chi connectivity index (χ0n) is 18.0. The Morgan fingerprint density at radius 3 is 2.36 bits per heavy atom. The van der Waals surface area contributed by atoms with Crippen LogP contribution in [0.5, 0.6) is 0 Å². The van der Waals surface area contributed by atoms with E-state index in [1.165, 1.54) is 12.1 Å². The fourth-order valence-electron chi connectivity index (χ4n) is 2.80. The molecule has 0 saturated heterocycles. The van der Waals surface area contributed by atoms with Crippen LogP contribution < -0.4 is 14.9 Å². The Balaban J connectivity index is 2.32. The SMILES string of the molecule is CC[C@@H](C)NC(=O)c1ccccc1NC(=O)CN(c1ccc(Cl)c(C(F)(F)F)c1)S(C)(=O)=O. The van der Waals surface area contributed by atoms with Crippen LogP contribution in [0.3, 0.4) is 0 Å². The minimum absolute atomic E-state index is 0.116. The summed E-state index contributed by atoms with van der Waals surface area (Å²) in [5.74, 6) is -1.29. The quantitative estimate of drug-likeness (QED) is 0.559. The molecule has 0 unspecified atom stereocenters. The Bertz CT molecular complexity index is 1140. The largest absolute Gasteiger partial charge is 0.417 e. The summed E-state index contributed by atoms with van der Waals surface area (Å²) in [6.45, 7) is 2.88. The first-order valence-corrected chi connectivity index (χ1v) is 12.0. The summed E-state index contributed by atoms with van der Waals surface area (Å²) >= 11 is 5.60. The minimum Gasteiger partial charge on any atom is -0.350 e. The molecular formula is C21H23ClF3N3O4S. The molecule has 0 saturated carbocycles. The second-order valence-corrected chi connectivity index (χ2v) is 9.62. The first kappa shape index (κ1) is 26.5. The van der Waals surface area contributed by atoms with Gasteiger partial charge in [-0.2, -0.15) is 13.2 Å². The predicted octanol–water partition coefficient (Wildman–Crippen LogP) is 4.29. The van der Waals surface area contributed by atoms with E-state index in [-0.39, 0.29) is 23.0 Å². The molecule has 0 heterocycles. The molecule has 180 valence electrons. The van der Waals surface area contributed by atoms with E-state index in [0.29, 0.717) is 16.8 Å². The molecule has 0 aromatic heterocycles. The normalized spacial score (nSPS) is 12.7. The summed E-state index contributed by atoms with van der Waals surface area (Å²) in [7, 11) is -4.14. The Morgan fingerprint density at radius 2 is 1.79 bits per heavy atom. The van der Waals surface area contributed by atoms with Crippen molar-refractivity contribution in [2.75, 3.05) is 22.4 Å². The van der Waals surface area contributed by atoms with Gasteiger partial charge in [-0.3, -0.25) is 13.9 Å².